The molecule has 0 saturated carbocycles. The number of carbonyl (C=O) groups is 2. The van der Waals surface area contributed by atoms with Gasteiger partial charge >= 0.3 is 5.97 Å². The summed E-state index contributed by atoms with van der Waals surface area (Å²) in [6.45, 7) is 0.188. The first-order valence-corrected chi connectivity index (χ1v) is 2.69. The van der Waals surface area contributed by atoms with E-state index in [1.807, 2.05) is 0 Å². The SMILES string of the molecule is [Cl-].[NH3+][13CH2][13C](=O)CCC(=O)O. The topological polar surface area (TPSA) is 82.0 Å². The van der Waals surface area contributed by atoms with Gasteiger partial charge in [0.2, 0.25) is 0 Å². The minimum absolute atomic E-state index is 0. The zero-order valence-electron chi connectivity index (χ0n) is 5.47. The number of hydrogen-bond donors (Lipinski definition) is 2. The summed E-state index contributed by atoms with van der Waals surface area (Å²) >= 11 is 0. The normalized spacial score (nSPS) is 8.10. The van der Waals surface area contributed by atoms with Crippen LogP contribution in [0.3, 0.4) is 0 Å². The van der Waals surface area contributed by atoms with Gasteiger partial charge < -0.3 is 23.2 Å². The molecule has 60 valence electrons. The molecule has 0 aromatic heterocycles. The second-order valence-corrected chi connectivity index (χ2v) is 1.68. The molecule has 4 nitrogen and oxygen atoms in total. The Morgan fingerprint density at radius 3 is 2.10 bits per heavy atom. The molecule has 0 aliphatic carbocycles. The highest BCUT2D eigenvalue weighted by Gasteiger charge is 2.03. The molecular formula is C5H10ClNO3. The number of rotatable bonds is 4. The van der Waals surface area contributed by atoms with Gasteiger partial charge in [-0.05, 0) is 0 Å². The number of carboxylic acids is 1. The predicted molar refractivity (Wildman–Crippen MR) is 29.6 cm³/mol. The fraction of sp³-hybridized carbons (Fsp3) is 0.600. The predicted octanol–water partition coefficient (Wildman–Crippen LogP) is -4.33. The van der Waals surface area contributed by atoms with E-state index in [0.717, 1.165) is 0 Å². The van der Waals surface area contributed by atoms with Gasteiger partial charge in [0.25, 0.3) is 0 Å². The monoisotopic (exact) mass is 169 g/mol. The second-order valence-electron chi connectivity index (χ2n) is 1.68. The Hall–Kier alpha value is -0.610. The number of ketones is 1. The molecule has 0 radical (unpaired) electrons. The summed E-state index contributed by atoms with van der Waals surface area (Å²) in [5, 5.41) is 8.09. The zero-order valence-corrected chi connectivity index (χ0v) is 6.23. The van der Waals surface area contributed by atoms with Crippen molar-refractivity contribution >= 4 is 11.8 Å². The van der Waals surface area contributed by atoms with E-state index >= 15 is 0 Å². The van der Waals surface area contributed by atoms with Crippen LogP contribution in [0.2, 0.25) is 0 Å². The Morgan fingerprint density at radius 2 is 1.80 bits per heavy atom. The molecule has 0 unspecified atom stereocenters. The van der Waals surface area contributed by atoms with Crippen LogP contribution in [0.1, 0.15) is 12.8 Å². The quantitative estimate of drug-likeness (QED) is 0.418. The number of halogens is 1. The minimum atomic E-state index is -0.934. The first-order valence-electron chi connectivity index (χ1n) is 2.69. The van der Waals surface area contributed by atoms with Crippen molar-refractivity contribution in [1.82, 2.24) is 0 Å². The van der Waals surface area contributed by atoms with E-state index < -0.39 is 5.97 Å². The summed E-state index contributed by atoms with van der Waals surface area (Å²) in [6, 6.07) is 0. The van der Waals surface area contributed by atoms with Gasteiger partial charge in [-0.2, -0.15) is 0 Å². The van der Waals surface area contributed by atoms with Gasteiger partial charge in [0.15, 0.2) is 5.78 Å². The number of quaternary nitrogens is 1. The van der Waals surface area contributed by atoms with Crippen molar-refractivity contribution in [3.8, 4) is 0 Å². The van der Waals surface area contributed by atoms with Crippen LogP contribution in [0.5, 0.6) is 0 Å². The Morgan fingerprint density at radius 1 is 1.30 bits per heavy atom. The van der Waals surface area contributed by atoms with Crippen LogP contribution >= 0.6 is 0 Å². The third-order valence-electron chi connectivity index (χ3n) is 0.897. The fourth-order valence-corrected chi connectivity index (χ4v) is 0.371. The molecule has 4 N–H and O–H groups in total. The van der Waals surface area contributed by atoms with Crippen LogP contribution < -0.4 is 18.1 Å². The molecular weight excluding hydrogens is 159 g/mol. The molecule has 0 aromatic rings. The first-order chi connectivity index (χ1) is 4.16. The number of aliphatic carboxylic acids is 1. The largest absolute Gasteiger partial charge is 1.00 e. The smallest absolute Gasteiger partial charge is 0.303 e. The molecule has 5 heteroatoms. The summed E-state index contributed by atoms with van der Waals surface area (Å²) in [5.74, 6) is -1.03. The maximum atomic E-state index is 10.4. The summed E-state index contributed by atoms with van der Waals surface area (Å²) in [4.78, 5) is 20.2. The maximum Gasteiger partial charge on any atom is 0.303 e. The highest BCUT2D eigenvalue weighted by Crippen LogP contribution is 1.87. The van der Waals surface area contributed by atoms with Gasteiger partial charge in [0.05, 0.1) is 6.42 Å². The van der Waals surface area contributed by atoms with Crippen LogP contribution in [0.15, 0.2) is 0 Å². The average Bonchev–Trinajstić information content (AvgIpc) is 1.83. The molecule has 0 aliphatic heterocycles. The Balaban J connectivity index is 0. The standard InChI is InChI=1S/C5H9NO3.ClH/c6-3-4(7)1-2-5(8)9;/h1-3,6H2,(H,8,9);1H/i3+1,4+1;. The second kappa shape index (κ2) is 6.51. The summed E-state index contributed by atoms with van der Waals surface area (Å²) < 4.78 is 0. The third-order valence-corrected chi connectivity index (χ3v) is 0.897. The molecule has 0 aliphatic rings. The molecule has 0 fully saturated rings. The van der Waals surface area contributed by atoms with Gasteiger partial charge in [0, 0.05) is 6.42 Å². The number of carbonyl (C=O) groups excluding carboxylic acids is 1. The summed E-state index contributed by atoms with van der Waals surface area (Å²) in [6.07, 6.45) is 0.0349. The lowest BCUT2D eigenvalue weighted by Crippen LogP contribution is -3.00. The Bertz CT molecular complexity index is 126. The summed E-state index contributed by atoms with van der Waals surface area (Å²) in [5.41, 5.74) is 3.32. The Kier molecular flexibility index (Phi) is 7.88. The first kappa shape index (κ1) is 12.1. The molecule has 10 heavy (non-hydrogen) atoms. The van der Waals surface area contributed by atoms with Crippen LogP contribution in [0.25, 0.3) is 0 Å². The molecule has 0 aromatic carbocycles. The lowest BCUT2D eigenvalue weighted by molar-refractivity contribution is -0.354. The van der Waals surface area contributed by atoms with E-state index in [0.29, 0.717) is 0 Å². The van der Waals surface area contributed by atoms with E-state index in [1.54, 1.807) is 0 Å². The van der Waals surface area contributed by atoms with Crippen molar-refractivity contribution in [2.75, 3.05) is 6.54 Å². The van der Waals surface area contributed by atoms with E-state index in [4.69, 9.17) is 5.11 Å². The average molecular weight is 170 g/mol. The molecule has 0 atom stereocenters. The van der Waals surface area contributed by atoms with Crippen LogP contribution in [0.4, 0.5) is 0 Å². The lowest BCUT2D eigenvalue weighted by atomic mass is 10.4. The Labute approximate surface area is 64.8 Å². The fourth-order valence-electron chi connectivity index (χ4n) is 0.371. The molecule has 0 heterocycles. The van der Waals surface area contributed by atoms with Gasteiger partial charge in [0.1, 0.15) is 6.54 Å². The van der Waals surface area contributed by atoms with Gasteiger partial charge in [-0.1, -0.05) is 0 Å². The molecule has 0 saturated heterocycles. The third kappa shape index (κ3) is 7.39. The van der Waals surface area contributed by atoms with E-state index in [1.165, 1.54) is 0 Å². The molecule has 0 bridgehead atoms. The lowest BCUT2D eigenvalue weighted by Gasteiger charge is -1.88. The van der Waals surface area contributed by atoms with Gasteiger partial charge in [-0.15, -0.1) is 0 Å². The van der Waals surface area contributed by atoms with E-state index in [9.17, 15) is 9.59 Å². The van der Waals surface area contributed by atoms with Crippen LogP contribution in [-0.2, 0) is 9.59 Å². The number of Topliss-reactive ketones (excluding diaryl/α,β-unsaturated/α-hetero) is 1. The minimum Gasteiger partial charge on any atom is -1.00 e. The maximum absolute atomic E-state index is 10.4. The molecule has 0 amide bonds. The van der Waals surface area contributed by atoms with Crippen LogP contribution in [-0.4, -0.2) is 23.4 Å². The van der Waals surface area contributed by atoms with Crippen molar-refractivity contribution < 1.29 is 32.8 Å². The molecule has 0 spiro atoms. The van der Waals surface area contributed by atoms with Crippen molar-refractivity contribution in [2.24, 2.45) is 0 Å². The van der Waals surface area contributed by atoms with Crippen molar-refractivity contribution in [3.63, 3.8) is 0 Å². The van der Waals surface area contributed by atoms with Crippen molar-refractivity contribution in [1.29, 1.82) is 0 Å². The van der Waals surface area contributed by atoms with E-state index in [-0.39, 0.29) is 37.6 Å². The van der Waals surface area contributed by atoms with Gasteiger partial charge in [-0.25, -0.2) is 0 Å². The molecule has 0 rings (SSSR count). The highest BCUT2D eigenvalue weighted by molar-refractivity contribution is 5.82. The highest BCUT2D eigenvalue weighted by atomic mass is 35.5. The zero-order chi connectivity index (χ0) is 7.28. The van der Waals surface area contributed by atoms with Crippen molar-refractivity contribution in [3.05, 3.63) is 0 Å². The van der Waals surface area contributed by atoms with Crippen LogP contribution in [0, 0.1) is 0 Å². The summed E-state index contributed by atoms with van der Waals surface area (Å²) in [7, 11) is 0. The van der Waals surface area contributed by atoms with Crippen molar-refractivity contribution in [2.45, 2.75) is 12.8 Å². The van der Waals surface area contributed by atoms with E-state index in [2.05, 4.69) is 5.73 Å². The number of carboxylic acid groups (broad SMARTS) is 1. The number of hydrogen-bond acceptors (Lipinski definition) is 2. The van der Waals surface area contributed by atoms with Gasteiger partial charge in [-0.3, -0.25) is 9.59 Å².